The van der Waals surface area contributed by atoms with Crippen molar-refractivity contribution in [1.29, 1.82) is 0 Å². The van der Waals surface area contributed by atoms with Gasteiger partial charge in [0.1, 0.15) is 5.75 Å². The summed E-state index contributed by atoms with van der Waals surface area (Å²) in [5.41, 5.74) is 1.20. The van der Waals surface area contributed by atoms with Gasteiger partial charge in [-0.15, -0.1) is 0 Å². The van der Waals surface area contributed by atoms with Gasteiger partial charge in [-0.3, -0.25) is 9.69 Å². The molecule has 0 bridgehead atoms. The summed E-state index contributed by atoms with van der Waals surface area (Å²) in [4.78, 5) is 14.6. The summed E-state index contributed by atoms with van der Waals surface area (Å²) < 4.78 is 5.18. The molecule has 0 atom stereocenters. The van der Waals surface area contributed by atoms with E-state index in [1.807, 2.05) is 24.3 Å². The van der Waals surface area contributed by atoms with Crippen molar-refractivity contribution in [3.05, 3.63) is 29.8 Å². The molecule has 0 saturated heterocycles. The Balaban J connectivity index is 1.93. The molecular weight excluding hydrogens is 262 g/mol. The van der Waals surface area contributed by atoms with E-state index in [1.165, 1.54) is 25.7 Å². The molecule has 0 heterocycles. The SMILES string of the molecule is COc1cccc(C(=O)CN(C)C2CCC(C)(C)CC2)c1. The van der Waals surface area contributed by atoms with Crippen LogP contribution in [-0.4, -0.2) is 37.4 Å². The number of Topliss-reactive ketones (excluding diaryl/α,β-unsaturated/α-hetero) is 1. The largest absolute Gasteiger partial charge is 0.497 e. The van der Waals surface area contributed by atoms with Crippen LogP contribution in [-0.2, 0) is 0 Å². The summed E-state index contributed by atoms with van der Waals surface area (Å²) >= 11 is 0. The van der Waals surface area contributed by atoms with Crippen LogP contribution in [0.15, 0.2) is 24.3 Å². The second-order valence-corrected chi connectivity index (χ2v) is 6.97. The minimum atomic E-state index is 0.168. The highest BCUT2D eigenvalue weighted by Gasteiger charge is 2.29. The van der Waals surface area contributed by atoms with Crippen molar-refractivity contribution in [2.75, 3.05) is 20.7 Å². The van der Waals surface area contributed by atoms with Crippen LogP contribution in [0.1, 0.15) is 49.9 Å². The van der Waals surface area contributed by atoms with Crippen molar-refractivity contribution >= 4 is 5.78 Å². The fourth-order valence-corrected chi connectivity index (χ4v) is 3.07. The molecule has 3 heteroatoms. The summed E-state index contributed by atoms with van der Waals surface area (Å²) in [6.45, 7) is 5.16. The molecule has 0 aliphatic heterocycles. The van der Waals surface area contributed by atoms with E-state index in [-0.39, 0.29) is 5.78 Å². The number of carbonyl (C=O) groups is 1. The number of carbonyl (C=O) groups excluding carboxylic acids is 1. The van der Waals surface area contributed by atoms with Crippen molar-refractivity contribution in [2.24, 2.45) is 5.41 Å². The Hall–Kier alpha value is -1.35. The highest BCUT2D eigenvalue weighted by atomic mass is 16.5. The molecule has 2 rings (SSSR count). The maximum Gasteiger partial charge on any atom is 0.176 e. The van der Waals surface area contributed by atoms with Crippen LogP contribution < -0.4 is 4.74 Å². The third-order valence-electron chi connectivity index (χ3n) is 4.72. The van der Waals surface area contributed by atoms with Crippen LogP contribution in [0.5, 0.6) is 5.75 Å². The van der Waals surface area contributed by atoms with Crippen LogP contribution in [0.25, 0.3) is 0 Å². The molecule has 0 radical (unpaired) electrons. The Kier molecular flexibility index (Phi) is 5.04. The summed E-state index contributed by atoms with van der Waals surface area (Å²) in [7, 11) is 3.69. The first-order valence-electron chi connectivity index (χ1n) is 7.79. The fourth-order valence-electron chi connectivity index (χ4n) is 3.07. The zero-order valence-corrected chi connectivity index (χ0v) is 13.7. The molecule has 21 heavy (non-hydrogen) atoms. The quantitative estimate of drug-likeness (QED) is 0.773. The molecule has 1 aliphatic rings. The van der Waals surface area contributed by atoms with E-state index in [4.69, 9.17) is 4.74 Å². The Morgan fingerprint density at radius 1 is 1.33 bits per heavy atom. The Morgan fingerprint density at radius 3 is 2.62 bits per heavy atom. The average Bonchev–Trinajstić information content (AvgIpc) is 2.47. The van der Waals surface area contributed by atoms with Crippen molar-refractivity contribution in [3.8, 4) is 5.75 Å². The van der Waals surface area contributed by atoms with Gasteiger partial charge in [0.15, 0.2) is 5.78 Å². The summed E-state index contributed by atoms with van der Waals surface area (Å²) in [6.07, 6.45) is 4.87. The molecular formula is C18H27NO2. The highest BCUT2D eigenvalue weighted by Crippen LogP contribution is 2.36. The van der Waals surface area contributed by atoms with Gasteiger partial charge in [-0.05, 0) is 50.3 Å². The molecule has 1 aromatic rings. The van der Waals surface area contributed by atoms with E-state index < -0.39 is 0 Å². The van der Waals surface area contributed by atoms with Gasteiger partial charge in [0.25, 0.3) is 0 Å². The zero-order chi connectivity index (χ0) is 15.5. The van der Waals surface area contributed by atoms with Crippen LogP contribution >= 0.6 is 0 Å². The van der Waals surface area contributed by atoms with Gasteiger partial charge >= 0.3 is 0 Å². The summed E-state index contributed by atoms with van der Waals surface area (Å²) in [5.74, 6) is 0.907. The van der Waals surface area contributed by atoms with Gasteiger partial charge in [0.05, 0.1) is 13.7 Å². The normalized spacial score (nSPS) is 18.7. The van der Waals surface area contributed by atoms with E-state index in [0.717, 1.165) is 11.3 Å². The first kappa shape index (κ1) is 16.0. The van der Waals surface area contributed by atoms with E-state index in [9.17, 15) is 4.79 Å². The molecule has 1 aliphatic carbocycles. The Labute approximate surface area is 128 Å². The number of nitrogens with zero attached hydrogens (tertiary/aromatic N) is 1. The second-order valence-electron chi connectivity index (χ2n) is 6.97. The molecule has 116 valence electrons. The number of ether oxygens (including phenoxy) is 1. The molecule has 1 saturated carbocycles. The zero-order valence-electron chi connectivity index (χ0n) is 13.7. The predicted octanol–water partition coefficient (Wildman–Crippen LogP) is 3.78. The van der Waals surface area contributed by atoms with Gasteiger partial charge in [0.2, 0.25) is 0 Å². The van der Waals surface area contributed by atoms with Crippen molar-refractivity contribution in [2.45, 2.75) is 45.6 Å². The van der Waals surface area contributed by atoms with Crippen LogP contribution in [0.4, 0.5) is 0 Å². The molecule has 3 nitrogen and oxygen atoms in total. The van der Waals surface area contributed by atoms with E-state index >= 15 is 0 Å². The van der Waals surface area contributed by atoms with Crippen LogP contribution in [0.3, 0.4) is 0 Å². The summed E-state index contributed by atoms with van der Waals surface area (Å²) in [6, 6.07) is 7.95. The number of likely N-dealkylation sites (N-methyl/N-ethyl adjacent to an activating group) is 1. The van der Waals surface area contributed by atoms with Gasteiger partial charge in [-0.2, -0.15) is 0 Å². The van der Waals surface area contributed by atoms with E-state index in [1.54, 1.807) is 7.11 Å². The highest BCUT2D eigenvalue weighted by molar-refractivity contribution is 5.97. The number of methoxy groups -OCH3 is 1. The topological polar surface area (TPSA) is 29.5 Å². The predicted molar refractivity (Wildman–Crippen MR) is 86.0 cm³/mol. The third kappa shape index (κ3) is 4.31. The van der Waals surface area contributed by atoms with Gasteiger partial charge < -0.3 is 4.74 Å². The van der Waals surface area contributed by atoms with Gasteiger partial charge in [0, 0.05) is 11.6 Å². The smallest absolute Gasteiger partial charge is 0.176 e. The number of hydrogen-bond acceptors (Lipinski definition) is 3. The van der Waals surface area contributed by atoms with Gasteiger partial charge in [-0.25, -0.2) is 0 Å². The minimum absolute atomic E-state index is 0.168. The lowest BCUT2D eigenvalue weighted by atomic mass is 9.75. The van der Waals surface area contributed by atoms with Crippen LogP contribution in [0.2, 0.25) is 0 Å². The molecule has 1 fully saturated rings. The van der Waals surface area contributed by atoms with Crippen LogP contribution in [0, 0.1) is 5.41 Å². The lowest BCUT2D eigenvalue weighted by Gasteiger charge is -2.38. The first-order valence-corrected chi connectivity index (χ1v) is 7.79. The first-order chi connectivity index (χ1) is 9.91. The fraction of sp³-hybridized carbons (Fsp3) is 0.611. The van der Waals surface area contributed by atoms with Crippen molar-refractivity contribution < 1.29 is 9.53 Å². The molecule has 0 spiro atoms. The molecule has 0 aromatic heterocycles. The minimum Gasteiger partial charge on any atom is -0.497 e. The lowest BCUT2D eigenvalue weighted by Crippen LogP contribution is -2.39. The standard InChI is InChI=1S/C18H27NO2/c1-18(2)10-8-15(9-11-18)19(3)13-17(20)14-6-5-7-16(12-14)21-4/h5-7,12,15H,8-11,13H2,1-4H3. The number of rotatable bonds is 5. The second kappa shape index (κ2) is 6.61. The monoisotopic (exact) mass is 289 g/mol. The maximum absolute atomic E-state index is 12.4. The molecule has 1 aromatic carbocycles. The Bertz CT molecular complexity index is 486. The number of hydrogen-bond donors (Lipinski definition) is 0. The lowest BCUT2D eigenvalue weighted by molar-refractivity contribution is 0.0851. The number of ketones is 1. The van der Waals surface area contributed by atoms with E-state index in [2.05, 4.69) is 25.8 Å². The third-order valence-corrected chi connectivity index (χ3v) is 4.72. The van der Waals surface area contributed by atoms with E-state index in [0.29, 0.717) is 18.0 Å². The number of benzene rings is 1. The average molecular weight is 289 g/mol. The molecule has 0 unspecified atom stereocenters. The molecule has 0 N–H and O–H groups in total. The van der Waals surface area contributed by atoms with Crippen molar-refractivity contribution in [3.63, 3.8) is 0 Å². The Morgan fingerprint density at radius 2 is 2.00 bits per heavy atom. The summed E-state index contributed by atoms with van der Waals surface area (Å²) in [5, 5.41) is 0. The van der Waals surface area contributed by atoms with Crippen molar-refractivity contribution in [1.82, 2.24) is 4.90 Å². The molecule has 0 amide bonds. The maximum atomic E-state index is 12.4. The van der Waals surface area contributed by atoms with Gasteiger partial charge in [-0.1, -0.05) is 26.0 Å².